The van der Waals surface area contributed by atoms with E-state index >= 15 is 0 Å². The van der Waals surface area contributed by atoms with Crippen LogP contribution in [0, 0.1) is 0 Å². The number of nitrogens with zero attached hydrogens (tertiary/aromatic N) is 2. The number of carbonyl (C=O) groups is 1. The number of hydrogen-bond acceptors (Lipinski definition) is 4. The zero-order chi connectivity index (χ0) is 16.4. The van der Waals surface area contributed by atoms with E-state index in [1.165, 1.54) is 10.6 Å². The molecule has 0 atom stereocenters. The highest BCUT2D eigenvalue weighted by Gasteiger charge is 2.25. The van der Waals surface area contributed by atoms with Crippen molar-refractivity contribution < 1.29 is 13.2 Å². The third-order valence-electron chi connectivity index (χ3n) is 4.31. The second-order valence-corrected chi connectivity index (χ2v) is 9.17. The average molecular weight is 354 g/mol. The molecular formula is C16H22N2O3S2. The zero-order valence-corrected chi connectivity index (χ0v) is 15.0. The molecule has 1 fully saturated rings. The number of amides is 1. The maximum Gasteiger partial charge on any atom is 0.253 e. The molecule has 2 aliphatic heterocycles. The third-order valence-corrected chi connectivity index (χ3v) is 6.54. The van der Waals surface area contributed by atoms with Crippen LogP contribution < -0.4 is 4.31 Å². The molecule has 3 rings (SSSR count). The van der Waals surface area contributed by atoms with Crippen molar-refractivity contribution >= 4 is 33.4 Å². The maximum atomic E-state index is 12.7. The van der Waals surface area contributed by atoms with Crippen molar-refractivity contribution in [2.75, 3.05) is 41.7 Å². The van der Waals surface area contributed by atoms with Crippen molar-refractivity contribution in [3.05, 3.63) is 29.3 Å². The Hall–Kier alpha value is -1.21. The molecule has 0 radical (unpaired) electrons. The maximum absolute atomic E-state index is 12.7. The molecule has 0 unspecified atom stereocenters. The van der Waals surface area contributed by atoms with Crippen LogP contribution in [0.3, 0.4) is 0 Å². The van der Waals surface area contributed by atoms with Gasteiger partial charge in [-0.25, -0.2) is 8.42 Å². The molecule has 0 aliphatic carbocycles. The summed E-state index contributed by atoms with van der Waals surface area (Å²) in [5.41, 5.74) is 2.35. The number of benzene rings is 1. The summed E-state index contributed by atoms with van der Waals surface area (Å²) in [5, 5.41) is 0. The Bertz CT molecular complexity index is 695. The molecule has 0 N–H and O–H groups in total. The van der Waals surface area contributed by atoms with E-state index in [1.807, 2.05) is 22.7 Å². The Morgan fingerprint density at radius 2 is 1.96 bits per heavy atom. The molecule has 2 aliphatic rings. The molecule has 0 spiro atoms. The number of fused-ring (bicyclic) bond motifs is 1. The molecule has 0 aromatic heterocycles. The normalized spacial score (nSPS) is 19.2. The molecule has 0 bridgehead atoms. The zero-order valence-electron chi connectivity index (χ0n) is 13.3. The van der Waals surface area contributed by atoms with Crippen molar-refractivity contribution in [3.63, 3.8) is 0 Å². The molecule has 2 heterocycles. The summed E-state index contributed by atoms with van der Waals surface area (Å²) in [7, 11) is -3.26. The van der Waals surface area contributed by atoms with Gasteiger partial charge in [-0.2, -0.15) is 11.8 Å². The van der Waals surface area contributed by atoms with Gasteiger partial charge in [0.25, 0.3) is 5.91 Å². The van der Waals surface area contributed by atoms with Crippen LogP contribution in [0.1, 0.15) is 28.8 Å². The Morgan fingerprint density at radius 1 is 1.13 bits per heavy atom. The van der Waals surface area contributed by atoms with Crippen LogP contribution in [0.5, 0.6) is 0 Å². The first-order valence-corrected chi connectivity index (χ1v) is 10.9. The van der Waals surface area contributed by atoms with Gasteiger partial charge in [-0.1, -0.05) is 0 Å². The lowest BCUT2D eigenvalue weighted by atomic mass is 10.00. The summed E-state index contributed by atoms with van der Waals surface area (Å²) in [6, 6.07) is 5.44. The van der Waals surface area contributed by atoms with Gasteiger partial charge in [0.15, 0.2) is 0 Å². The second-order valence-electron chi connectivity index (χ2n) is 6.04. The average Bonchev–Trinajstić information content (AvgIpc) is 2.81. The van der Waals surface area contributed by atoms with Gasteiger partial charge in [0.05, 0.1) is 11.9 Å². The van der Waals surface area contributed by atoms with Crippen molar-refractivity contribution in [3.8, 4) is 0 Å². The van der Waals surface area contributed by atoms with Gasteiger partial charge in [0, 0.05) is 31.0 Å². The standard InChI is InChI=1S/C16H22N2O3S2/c1-23(20,21)18-8-2-4-13-12-14(5-6-15(13)18)16(19)17-7-3-10-22-11-9-17/h5-6,12H,2-4,7-11H2,1H3. The van der Waals surface area contributed by atoms with Crippen LogP contribution in [0.25, 0.3) is 0 Å². The highest BCUT2D eigenvalue weighted by Crippen LogP contribution is 2.30. The Balaban J connectivity index is 1.87. The fourth-order valence-corrected chi connectivity index (χ4v) is 5.05. The molecule has 126 valence electrons. The fourth-order valence-electron chi connectivity index (χ4n) is 3.17. The first kappa shape index (κ1) is 16.6. The Kier molecular flexibility index (Phi) is 4.87. The molecule has 1 amide bonds. The molecule has 5 nitrogen and oxygen atoms in total. The summed E-state index contributed by atoms with van der Waals surface area (Å²) < 4.78 is 25.3. The lowest BCUT2D eigenvalue weighted by molar-refractivity contribution is 0.0768. The first-order valence-electron chi connectivity index (χ1n) is 7.94. The molecule has 7 heteroatoms. The SMILES string of the molecule is CS(=O)(=O)N1CCCc2cc(C(=O)N3CCCSCC3)ccc21. The molecule has 23 heavy (non-hydrogen) atoms. The van der Waals surface area contributed by atoms with E-state index in [2.05, 4.69) is 0 Å². The minimum atomic E-state index is -3.26. The molecule has 1 aromatic rings. The smallest absolute Gasteiger partial charge is 0.253 e. The van der Waals surface area contributed by atoms with Crippen molar-refractivity contribution in [1.82, 2.24) is 4.90 Å². The van der Waals surface area contributed by atoms with Gasteiger partial charge in [0.2, 0.25) is 10.0 Å². The molecule has 0 saturated carbocycles. The minimum absolute atomic E-state index is 0.0618. The predicted octanol–water partition coefficient (Wildman–Crippen LogP) is 1.98. The summed E-state index contributed by atoms with van der Waals surface area (Å²) >= 11 is 1.89. The third kappa shape index (κ3) is 3.66. The molecule has 1 aromatic carbocycles. The van der Waals surface area contributed by atoms with Crippen LogP contribution in [0.4, 0.5) is 5.69 Å². The number of rotatable bonds is 2. The highest BCUT2D eigenvalue weighted by molar-refractivity contribution is 7.99. The van der Waals surface area contributed by atoms with E-state index in [0.717, 1.165) is 55.1 Å². The predicted molar refractivity (Wildman–Crippen MR) is 94.8 cm³/mol. The minimum Gasteiger partial charge on any atom is -0.338 e. The summed E-state index contributed by atoms with van der Waals surface area (Å²) in [4.78, 5) is 14.6. The van der Waals surface area contributed by atoms with Crippen LogP contribution in [-0.4, -0.2) is 56.6 Å². The van der Waals surface area contributed by atoms with Gasteiger partial charge in [-0.15, -0.1) is 0 Å². The van der Waals surface area contributed by atoms with Crippen LogP contribution in [0.2, 0.25) is 0 Å². The van der Waals surface area contributed by atoms with Crippen LogP contribution in [0.15, 0.2) is 18.2 Å². The van der Waals surface area contributed by atoms with E-state index in [4.69, 9.17) is 0 Å². The van der Waals surface area contributed by atoms with E-state index in [9.17, 15) is 13.2 Å². The van der Waals surface area contributed by atoms with E-state index in [-0.39, 0.29) is 5.91 Å². The number of thioether (sulfide) groups is 1. The van der Waals surface area contributed by atoms with Gasteiger partial charge in [0.1, 0.15) is 0 Å². The fraction of sp³-hybridized carbons (Fsp3) is 0.562. The Labute approximate surface area is 142 Å². The van der Waals surface area contributed by atoms with E-state index < -0.39 is 10.0 Å². The van der Waals surface area contributed by atoms with Crippen molar-refractivity contribution in [1.29, 1.82) is 0 Å². The quantitative estimate of drug-likeness (QED) is 0.815. The van der Waals surface area contributed by atoms with Gasteiger partial charge in [-0.05, 0) is 48.8 Å². The Morgan fingerprint density at radius 3 is 2.74 bits per heavy atom. The summed E-state index contributed by atoms with van der Waals surface area (Å²) in [6.45, 7) is 2.11. The number of sulfonamides is 1. The van der Waals surface area contributed by atoms with Crippen LogP contribution >= 0.6 is 11.8 Å². The largest absolute Gasteiger partial charge is 0.338 e. The number of carbonyl (C=O) groups excluding carboxylic acids is 1. The van der Waals surface area contributed by atoms with Gasteiger partial charge >= 0.3 is 0 Å². The number of hydrogen-bond donors (Lipinski definition) is 0. The van der Waals surface area contributed by atoms with Gasteiger partial charge in [-0.3, -0.25) is 9.10 Å². The van der Waals surface area contributed by atoms with Gasteiger partial charge < -0.3 is 4.90 Å². The second kappa shape index (κ2) is 6.73. The first-order chi connectivity index (χ1) is 11.0. The van der Waals surface area contributed by atoms with Crippen LogP contribution in [-0.2, 0) is 16.4 Å². The molecular weight excluding hydrogens is 332 g/mol. The summed E-state index contributed by atoms with van der Waals surface area (Å²) in [6.07, 6.45) is 3.87. The number of aryl methyl sites for hydroxylation is 1. The van der Waals surface area contributed by atoms with Crippen molar-refractivity contribution in [2.24, 2.45) is 0 Å². The lowest BCUT2D eigenvalue weighted by Crippen LogP contribution is -2.35. The lowest BCUT2D eigenvalue weighted by Gasteiger charge is -2.30. The topological polar surface area (TPSA) is 57.7 Å². The van der Waals surface area contributed by atoms with E-state index in [0.29, 0.717) is 12.1 Å². The number of anilines is 1. The van der Waals surface area contributed by atoms with E-state index in [1.54, 1.807) is 12.1 Å². The molecule has 1 saturated heterocycles. The van der Waals surface area contributed by atoms with Crippen molar-refractivity contribution in [2.45, 2.75) is 19.3 Å². The summed E-state index contributed by atoms with van der Waals surface area (Å²) in [5.74, 6) is 2.15. The monoisotopic (exact) mass is 354 g/mol. The highest BCUT2D eigenvalue weighted by atomic mass is 32.2.